The molecule has 7 nitrogen and oxygen atoms in total. The minimum atomic E-state index is -3.34. The summed E-state index contributed by atoms with van der Waals surface area (Å²) in [6.07, 6.45) is 1.55. The van der Waals surface area contributed by atoms with Crippen molar-refractivity contribution in [3.8, 4) is 0 Å². The summed E-state index contributed by atoms with van der Waals surface area (Å²) in [7, 11) is -1.35. The van der Waals surface area contributed by atoms with Crippen LogP contribution in [0.4, 0.5) is 0 Å². The quantitative estimate of drug-likeness (QED) is 0.820. The average molecular weight is 377 g/mol. The van der Waals surface area contributed by atoms with Gasteiger partial charge >= 0.3 is 0 Å². The summed E-state index contributed by atoms with van der Waals surface area (Å²) < 4.78 is 31.8. The van der Waals surface area contributed by atoms with Gasteiger partial charge in [-0.15, -0.1) is 0 Å². The largest absolute Gasteiger partial charge is 0.467 e. The van der Waals surface area contributed by atoms with E-state index in [4.69, 9.17) is 4.42 Å². The third-order valence-electron chi connectivity index (χ3n) is 4.42. The van der Waals surface area contributed by atoms with Crippen LogP contribution in [0.3, 0.4) is 0 Å². The molecule has 26 heavy (non-hydrogen) atoms. The van der Waals surface area contributed by atoms with Crippen molar-refractivity contribution in [3.63, 3.8) is 0 Å². The van der Waals surface area contributed by atoms with Crippen molar-refractivity contribution in [1.82, 2.24) is 14.5 Å². The number of carbonyl (C=O) groups is 1. The van der Waals surface area contributed by atoms with E-state index in [0.717, 1.165) is 13.1 Å². The lowest BCUT2D eigenvalue weighted by atomic mass is 10.1. The highest BCUT2D eigenvalue weighted by Crippen LogP contribution is 2.14. The van der Waals surface area contributed by atoms with Crippen molar-refractivity contribution >= 4 is 15.9 Å². The summed E-state index contributed by atoms with van der Waals surface area (Å²) in [6.45, 7) is 2.84. The van der Waals surface area contributed by atoms with Crippen LogP contribution < -0.4 is 5.32 Å². The molecule has 1 saturated heterocycles. The first kappa shape index (κ1) is 18.6. The Balaban J connectivity index is 1.57. The second-order valence-electron chi connectivity index (χ2n) is 6.42. The van der Waals surface area contributed by atoms with Crippen LogP contribution >= 0.6 is 0 Å². The SMILES string of the molecule is CN1CCN(S(=O)(=O)Cc2ccc(C(=O)NCc3ccco3)cc2)CC1. The molecule has 0 saturated carbocycles. The Morgan fingerprint density at radius 1 is 1.12 bits per heavy atom. The molecule has 1 aliphatic rings. The molecule has 8 heteroatoms. The second kappa shape index (κ2) is 8.03. The van der Waals surface area contributed by atoms with Crippen LogP contribution in [0.25, 0.3) is 0 Å². The van der Waals surface area contributed by atoms with Gasteiger partial charge in [0.05, 0.1) is 18.6 Å². The van der Waals surface area contributed by atoms with Crippen molar-refractivity contribution in [3.05, 3.63) is 59.5 Å². The molecule has 1 aromatic carbocycles. The average Bonchev–Trinajstić information content (AvgIpc) is 3.14. The number of benzene rings is 1. The highest BCUT2D eigenvalue weighted by Gasteiger charge is 2.25. The molecule has 1 fully saturated rings. The zero-order valence-electron chi connectivity index (χ0n) is 14.7. The topological polar surface area (TPSA) is 82.9 Å². The monoisotopic (exact) mass is 377 g/mol. The number of furan rings is 1. The Morgan fingerprint density at radius 2 is 1.81 bits per heavy atom. The Morgan fingerprint density at radius 3 is 2.42 bits per heavy atom. The van der Waals surface area contributed by atoms with Crippen molar-refractivity contribution in [1.29, 1.82) is 0 Å². The van der Waals surface area contributed by atoms with Gasteiger partial charge in [0.15, 0.2) is 0 Å². The van der Waals surface area contributed by atoms with Gasteiger partial charge in [0.25, 0.3) is 5.91 Å². The molecule has 0 spiro atoms. The van der Waals surface area contributed by atoms with E-state index in [2.05, 4.69) is 10.2 Å². The highest BCUT2D eigenvalue weighted by molar-refractivity contribution is 7.88. The molecule has 0 unspecified atom stereocenters. The van der Waals surface area contributed by atoms with Gasteiger partial charge in [0, 0.05) is 31.7 Å². The minimum Gasteiger partial charge on any atom is -0.467 e. The van der Waals surface area contributed by atoms with Crippen LogP contribution in [0.15, 0.2) is 47.1 Å². The summed E-state index contributed by atoms with van der Waals surface area (Å²) in [5.41, 5.74) is 1.16. The van der Waals surface area contributed by atoms with E-state index in [1.165, 1.54) is 4.31 Å². The zero-order valence-corrected chi connectivity index (χ0v) is 15.5. The Bertz CT molecular complexity index is 824. The number of carbonyl (C=O) groups excluding carboxylic acids is 1. The van der Waals surface area contributed by atoms with E-state index < -0.39 is 10.0 Å². The lowest BCUT2D eigenvalue weighted by Crippen LogP contribution is -2.47. The number of nitrogens with zero attached hydrogens (tertiary/aromatic N) is 2. The summed E-state index contributed by atoms with van der Waals surface area (Å²) in [5, 5.41) is 2.76. The van der Waals surface area contributed by atoms with Crippen LogP contribution in [0, 0.1) is 0 Å². The number of hydrogen-bond donors (Lipinski definition) is 1. The fraction of sp³-hybridized carbons (Fsp3) is 0.389. The molecule has 2 heterocycles. The van der Waals surface area contributed by atoms with Gasteiger partial charge in [-0.25, -0.2) is 8.42 Å². The molecule has 0 radical (unpaired) electrons. The molecule has 0 atom stereocenters. The van der Waals surface area contributed by atoms with Crippen LogP contribution in [-0.2, 0) is 22.3 Å². The summed E-state index contributed by atoms with van der Waals surface area (Å²) >= 11 is 0. The van der Waals surface area contributed by atoms with Crippen molar-refractivity contribution in [2.75, 3.05) is 33.2 Å². The highest BCUT2D eigenvalue weighted by atomic mass is 32.2. The molecule has 1 aliphatic heterocycles. The Hall–Kier alpha value is -2.16. The summed E-state index contributed by atoms with van der Waals surface area (Å²) in [5.74, 6) is 0.397. The standard InChI is InChI=1S/C18H23N3O4S/c1-20-8-10-21(11-9-20)26(23,24)14-15-4-6-16(7-5-15)18(22)19-13-17-3-2-12-25-17/h2-7,12H,8-11,13-14H2,1H3,(H,19,22). The molecule has 1 amide bonds. The van der Waals surface area contributed by atoms with Crippen molar-refractivity contribution in [2.24, 2.45) is 0 Å². The van der Waals surface area contributed by atoms with E-state index in [0.29, 0.717) is 36.5 Å². The van der Waals surface area contributed by atoms with Crippen LogP contribution in [0.2, 0.25) is 0 Å². The predicted octanol–water partition coefficient (Wildman–Crippen LogP) is 1.29. The molecule has 1 N–H and O–H groups in total. The lowest BCUT2D eigenvalue weighted by Gasteiger charge is -2.31. The number of likely N-dealkylation sites (N-methyl/N-ethyl adjacent to an activating group) is 1. The number of piperazine rings is 1. The summed E-state index contributed by atoms with van der Waals surface area (Å²) in [6, 6.07) is 10.2. The molecule has 1 aromatic heterocycles. The predicted molar refractivity (Wildman–Crippen MR) is 98.0 cm³/mol. The first-order valence-corrected chi connectivity index (χ1v) is 10.1. The van der Waals surface area contributed by atoms with Crippen LogP contribution in [0.5, 0.6) is 0 Å². The molecule has 0 aliphatic carbocycles. The normalized spacial score (nSPS) is 16.5. The zero-order chi connectivity index (χ0) is 18.6. The maximum absolute atomic E-state index is 12.5. The van der Waals surface area contributed by atoms with E-state index in [-0.39, 0.29) is 11.7 Å². The van der Waals surface area contributed by atoms with Gasteiger partial charge in [-0.1, -0.05) is 12.1 Å². The number of sulfonamides is 1. The van der Waals surface area contributed by atoms with E-state index in [9.17, 15) is 13.2 Å². The second-order valence-corrected chi connectivity index (χ2v) is 8.39. The maximum atomic E-state index is 12.5. The van der Waals surface area contributed by atoms with Gasteiger partial charge < -0.3 is 14.6 Å². The Kier molecular flexibility index (Phi) is 5.75. The molecule has 140 valence electrons. The van der Waals surface area contributed by atoms with Crippen LogP contribution in [-0.4, -0.2) is 56.8 Å². The molecular formula is C18H23N3O4S. The smallest absolute Gasteiger partial charge is 0.251 e. The van der Waals surface area contributed by atoms with Crippen LogP contribution in [0.1, 0.15) is 21.7 Å². The van der Waals surface area contributed by atoms with Gasteiger partial charge in [0.1, 0.15) is 5.76 Å². The number of nitrogens with one attached hydrogen (secondary N) is 1. The molecule has 0 bridgehead atoms. The van der Waals surface area contributed by atoms with Crippen molar-refractivity contribution in [2.45, 2.75) is 12.3 Å². The van der Waals surface area contributed by atoms with Gasteiger partial charge in [0.2, 0.25) is 10.0 Å². The summed E-state index contributed by atoms with van der Waals surface area (Å²) in [4.78, 5) is 14.2. The fourth-order valence-electron chi connectivity index (χ4n) is 2.80. The van der Waals surface area contributed by atoms with E-state index in [1.807, 2.05) is 7.05 Å². The first-order valence-electron chi connectivity index (χ1n) is 8.50. The molecule has 2 aromatic rings. The number of hydrogen-bond acceptors (Lipinski definition) is 5. The Labute approximate surface area is 153 Å². The first-order chi connectivity index (χ1) is 12.4. The maximum Gasteiger partial charge on any atom is 0.251 e. The van der Waals surface area contributed by atoms with E-state index in [1.54, 1.807) is 42.7 Å². The third kappa shape index (κ3) is 4.72. The number of amides is 1. The molecule has 3 rings (SSSR count). The lowest BCUT2D eigenvalue weighted by molar-refractivity contribution is 0.0948. The fourth-order valence-corrected chi connectivity index (χ4v) is 4.32. The van der Waals surface area contributed by atoms with Gasteiger partial charge in [-0.2, -0.15) is 4.31 Å². The van der Waals surface area contributed by atoms with E-state index >= 15 is 0 Å². The van der Waals surface area contributed by atoms with Gasteiger partial charge in [-0.05, 0) is 36.9 Å². The minimum absolute atomic E-state index is 0.0506. The third-order valence-corrected chi connectivity index (χ3v) is 6.27. The molecular weight excluding hydrogens is 354 g/mol. The van der Waals surface area contributed by atoms with Crippen molar-refractivity contribution < 1.29 is 17.6 Å². The van der Waals surface area contributed by atoms with Gasteiger partial charge in [-0.3, -0.25) is 4.79 Å². The number of rotatable bonds is 6.